The summed E-state index contributed by atoms with van der Waals surface area (Å²) in [5.74, 6) is -0.111. The van der Waals surface area contributed by atoms with Crippen LogP contribution in [-0.4, -0.2) is 21.9 Å². The lowest BCUT2D eigenvalue weighted by atomic mass is 10.3. The van der Waals surface area contributed by atoms with E-state index in [4.69, 9.17) is 16.0 Å². The van der Waals surface area contributed by atoms with Crippen molar-refractivity contribution in [1.29, 1.82) is 0 Å². The lowest BCUT2D eigenvalue weighted by Crippen LogP contribution is -2.14. The first-order valence-corrected chi connectivity index (χ1v) is 8.23. The van der Waals surface area contributed by atoms with Gasteiger partial charge in [-0.3, -0.25) is 4.79 Å². The second-order valence-electron chi connectivity index (χ2n) is 4.70. The number of halogens is 2. The van der Waals surface area contributed by atoms with Crippen molar-refractivity contribution in [2.24, 2.45) is 0 Å². The lowest BCUT2D eigenvalue weighted by Gasteiger charge is -2.05. The number of aromatic nitrogens is 2. The predicted molar refractivity (Wildman–Crippen MR) is 90.5 cm³/mol. The average molecular weight is 364 g/mol. The molecule has 122 valence electrons. The summed E-state index contributed by atoms with van der Waals surface area (Å²) < 4.78 is 18.5. The normalized spacial score (nSPS) is 10.6. The number of carbonyl (C=O) groups is 1. The summed E-state index contributed by atoms with van der Waals surface area (Å²) >= 11 is 6.82. The fourth-order valence-electron chi connectivity index (χ4n) is 1.86. The van der Waals surface area contributed by atoms with E-state index >= 15 is 0 Å². The van der Waals surface area contributed by atoms with Crippen LogP contribution in [0.5, 0.6) is 0 Å². The monoisotopic (exact) mass is 363 g/mol. The van der Waals surface area contributed by atoms with Crippen molar-refractivity contribution in [2.75, 3.05) is 11.1 Å². The van der Waals surface area contributed by atoms with Crippen LogP contribution in [0.1, 0.15) is 0 Å². The zero-order valence-electron chi connectivity index (χ0n) is 12.2. The van der Waals surface area contributed by atoms with Crippen LogP contribution in [0.3, 0.4) is 0 Å². The fraction of sp³-hybridized carbons (Fsp3) is 0.0625. The Morgan fingerprint density at radius 2 is 2.12 bits per heavy atom. The molecule has 5 nitrogen and oxygen atoms in total. The first-order chi connectivity index (χ1) is 11.6. The van der Waals surface area contributed by atoms with Crippen LogP contribution in [0.25, 0.3) is 11.5 Å². The van der Waals surface area contributed by atoms with Gasteiger partial charge in [0.05, 0.1) is 17.0 Å². The Bertz CT molecular complexity index is 841. The van der Waals surface area contributed by atoms with E-state index in [0.29, 0.717) is 22.2 Å². The molecule has 8 heteroatoms. The summed E-state index contributed by atoms with van der Waals surface area (Å²) in [6, 6.07) is 11.2. The summed E-state index contributed by atoms with van der Waals surface area (Å²) in [5, 5.41) is 11.3. The molecule has 3 aromatic rings. The van der Waals surface area contributed by atoms with E-state index in [1.165, 1.54) is 30.0 Å². The van der Waals surface area contributed by atoms with Crippen molar-refractivity contribution in [1.82, 2.24) is 10.2 Å². The van der Waals surface area contributed by atoms with E-state index in [9.17, 15) is 9.18 Å². The Labute approximate surface area is 146 Å². The van der Waals surface area contributed by atoms with E-state index < -0.39 is 5.82 Å². The maximum Gasteiger partial charge on any atom is 0.234 e. The topological polar surface area (TPSA) is 68.0 Å². The number of amides is 1. The van der Waals surface area contributed by atoms with E-state index in [1.54, 1.807) is 30.5 Å². The van der Waals surface area contributed by atoms with Gasteiger partial charge in [-0.2, -0.15) is 0 Å². The Morgan fingerprint density at radius 1 is 1.25 bits per heavy atom. The number of carbonyl (C=O) groups excluding carboxylic acids is 1. The molecule has 0 aliphatic rings. The number of nitrogens with zero attached hydrogens (tertiary/aromatic N) is 2. The highest BCUT2D eigenvalue weighted by molar-refractivity contribution is 7.99. The first kappa shape index (κ1) is 16.5. The molecule has 0 aliphatic heterocycles. The third kappa shape index (κ3) is 4.12. The molecule has 3 rings (SSSR count). The molecule has 2 heterocycles. The molecule has 0 saturated heterocycles. The zero-order chi connectivity index (χ0) is 16.9. The van der Waals surface area contributed by atoms with Gasteiger partial charge in [0.1, 0.15) is 16.5 Å². The average Bonchev–Trinajstić information content (AvgIpc) is 3.11. The second-order valence-corrected chi connectivity index (χ2v) is 6.10. The van der Waals surface area contributed by atoms with Gasteiger partial charge in [-0.25, -0.2) is 4.39 Å². The molecule has 24 heavy (non-hydrogen) atoms. The van der Waals surface area contributed by atoms with Crippen molar-refractivity contribution < 1.29 is 13.6 Å². The Kier molecular flexibility index (Phi) is 5.12. The predicted octanol–water partition coefficient (Wildman–Crippen LogP) is 4.26. The minimum Gasteiger partial charge on any atom is -0.463 e. The Morgan fingerprint density at radius 3 is 2.79 bits per heavy atom. The number of rotatable bonds is 5. The molecule has 0 bridgehead atoms. The number of hydrogen-bond donors (Lipinski definition) is 1. The van der Waals surface area contributed by atoms with Crippen LogP contribution in [0, 0.1) is 5.82 Å². The van der Waals surface area contributed by atoms with Crippen LogP contribution in [-0.2, 0) is 4.79 Å². The van der Waals surface area contributed by atoms with Gasteiger partial charge in [0, 0.05) is 5.69 Å². The van der Waals surface area contributed by atoms with Crippen molar-refractivity contribution in [3.63, 3.8) is 0 Å². The molecule has 0 fully saturated rings. The summed E-state index contributed by atoms with van der Waals surface area (Å²) in [4.78, 5) is 11.9. The third-order valence-electron chi connectivity index (χ3n) is 2.97. The van der Waals surface area contributed by atoms with Gasteiger partial charge in [0.2, 0.25) is 5.91 Å². The minimum absolute atomic E-state index is 0.00861. The van der Waals surface area contributed by atoms with E-state index in [0.717, 1.165) is 0 Å². The largest absolute Gasteiger partial charge is 0.463 e. The van der Waals surface area contributed by atoms with E-state index in [2.05, 4.69) is 15.5 Å². The molecule has 0 spiro atoms. The summed E-state index contributed by atoms with van der Waals surface area (Å²) in [6.07, 6.45) is 1.56. The maximum atomic E-state index is 13.3. The standard InChI is InChI=1S/C16H11ClFN3O2S/c17-11-4-3-10(8-12(11)18)19-15(22)9-24-16-6-5-13(20-21-16)14-2-1-7-23-14/h1-8H,9H2,(H,19,22). The molecule has 0 saturated carbocycles. The number of thioether (sulfide) groups is 1. The number of furan rings is 1. The van der Waals surface area contributed by atoms with Crippen LogP contribution in [0.15, 0.2) is 58.2 Å². The maximum absolute atomic E-state index is 13.3. The highest BCUT2D eigenvalue weighted by Crippen LogP contribution is 2.21. The molecular weight excluding hydrogens is 353 g/mol. The van der Waals surface area contributed by atoms with Gasteiger partial charge >= 0.3 is 0 Å². The van der Waals surface area contributed by atoms with Gasteiger partial charge in [-0.05, 0) is 42.5 Å². The molecule has 1 amide bonds. The van der Waals surface area contributed by atoms with Gasteiger partial charge in [0.25, 0.3) is 0 Å². The third-order valence-corrected chi connectivity index (χ3v) is 4.19. The first-order valence-electron chi connectivity index (χ1n) is 6.87. The molecule has 0 atom stereocenters. The van der Waals surface area contributed by atoms with Crippen molar-refractivity contribution in [3.05, 3.63) is 59.6 Å². The van der Waals surface area contributed by atoms with Crippen LogP contribution in [0.2, 0.25) is 5.02 Å². The minimum atomic E-state index is -0.582. The zero-order valence-corrected chi connectivity index (χ0v) is 13.8. The molecular formula is C16H11ClFN3O2S. The summed E-state index contributed by atoms with van der Waals surface area (Å²) in [6.45, 7) is 0. The lowest BCUT2D eigenvalue weighted by molar-refractivity contribution is -0.113. The molecule has 1 aromatic carbocycles. The highest BCUT2D eigenvalue weighted by atomic mass is 35.5. The van der Waals surface area contributed by atoms with Gasteiger partial charge in [-0.15, -0.1) is 10.2 Å². The van der Waals surface area contributed by atoms with Crippen LogP contribution >= 0.6 is 23.4 Å². The highest BCUT2D eigenvalue weighted by Gasteiger charge is 2.08. The molecule has 1 N–H and O–H groups in total. The van der Waals surface area contributed by atoms with Crippen molar-refractivity contribution in [3.8, 4) is 11.5 Å². The number of nitrogens with one attached hydrogen (secondary N) is 1. The quantitative estimate of drug-likeness (QED) is 0.686. The van der Waals surface area contributed by atoms with E-state index in [-0.39, 0.29) is 16.7 Å². The second kappa shape index (κ2) is 7.46. The van der Waals surface area contributed by atoms with Gasteiger partial charge in [0.15, 0.2) is 5.76 Å². The number of anilines is 1. The van der Waals surface area contributed by atoms with Crippen molar-refractivity contribution >= 4 is 35.0 Å². The Balaban J connectivity index is 1.55. The van der Waals surface area contributed by atoms with Crippen LogP contribution < -0.4 is 5.32 Å². The molecule has 2 aromatic heterocycles. The fourth-order valence-corrected chi connectivity index (χ4v) is 2.59. The SMILES string of the molecule is O=C(CSc1ccc(-c2ccco2)nn1)Nc1ccc(Cl)c(F)c1. The van der Waals surface area contributed by atoms with Gasteiger partial charge < -0.3 is 9.73 Å². The smallest absolute Gasteiger partial charge is 0.234 e. The van der Waals surface area contributed by atoms with Crippen molar-refractivity contribution in [2.45, 2.75) is 5.03 Å². The summed E-state index contributed by atoms with van der Waals surface area (Å²) in [5.41, 5.74) is 0.965. The number of benzene rings is 1. The molecule has 0 aliphatic carbocycles. The van der Waals surface area contributed by atoms with E-state index in [1.807, 2.05) is 0 Å². The number of hydrogen-bond acceptors (Lipinski definition) is 5. The molecule has 0 radical (unpaired) electrons. The summed E-state index contributed by atoms with van der Waals surface area (Å²) in [7, 11) is 0. The van der Waals surface area contributed by atoms with Gasteiger partial charge in [-0.1, -0.05) is 23.4 Å². The molecule has 0 unspecified atom stereocenters. The van der Waals surface area contributed by atoms with Crippen LogP contribution in [0.4, 0.5) is 10.1 Å². The Hall–Kier alpha value is -2.38.